The van der Waals surface area contributed by atoms with E-state index in [-0.39, 0.29) is 0 Å². The summed E-state index contributed by atoms with van der Waals surface area (Å²) in [6.07, 6.45) is 0. The van der Waals surface area contributed by atoms with Crippen LogP contribution in [-0.4, -0.2) is 35.8 Å². The van der Waals surface area contributed by atoms with Crippen molar-refractivity contribution in [3.63, 3.8) is 0 Å². The van der Waals surface area contributed by atoms with Crippen molar-refractivity contribution in [2.45, 2.75) is 10.9 Å². The van der Waals surface area contributed by atoms with E-state index in [1.165, 1.54) is 17.3 Å². The van der Waals surface area contributed by atoms with Gasteiger partial charge in [-0.25, -0.2) is 5.10 Å². The molecule has 0 unspecified atom stereocenters. The van der Waals surface area contributed by atoms with Crippen molar-refractivity contribution >= 4 is 11.8 Å². The number of hydrogen-bond acceptors (Lipinski definition) is 7. The molecule has 5 aromatic rings. The summed E-state index contributed by atoms with van der Waals surface area (Å²) in [5, 5.41) is 22.6. The summed E-state index contributed by atoms with van der Waals surface area (Å²) in [5.74, 6) is 3.22. The number of nitrogens with one attached hydrogen (secondary N) is 2. The third-order valence-electron chi connectivity index (χ3n) is 4.29. The zero-order chi connectivity index (χ0) is 19.5. The second-order valence-corrected chi connectivity index (χ2v) is 7.19. The zero-order valence-electron chi connectivity index (χ0n) is 15.1. The van der Waals surface area contributed by atoms with Crippen molar-refractivity contribution in [3.8, 4) is 34.0 Å². The van der Waals surface area contributed by atoms with E-state index in [0.717, 1.165) is 16.9 Å². The maximum atomic E-state index is 6.03. The number of thioether (sulfide) groups is 1. The number of rotatable bonds is 6. The number of benzene rings is 2. The van der Waals surface area contributed by atoms with E-state index in [4.69, 9.17) is 4.42 Å². The predicted octanol–water partition coefficient (Wildman–Crippen LogP) is 4.20. The van der Waals surface area contributed by atoms with Crippen molar-refractivity contribution in [2.24, 2.45) is 0 Å². The lowest BCUT2D eigenvalue weighted by Gasteiger charge is -2.03. The van der Waals surface area contributed by atoms with E-state index in [2.05, 4.69) is 60.1 Å². The number of furan rings is 1. The first-order valence-electron chi connectivity index (χ1n) is 8.89. The number of aromatic nitrogens is 7. The quantitative estimate of drug-likeness (QED) is 0.410. The van der Waals surface area contributed by atoms with Gasteiger partial charge in [-0.05, 0) is 39.8 Å². The minimum absolute atomic E-state index is 0.567. The van der Waals surface area contributed by atoms with E-state index in [1.54, 1.807) is 0 Å². The fraction of sp³-hybridized carbons (Fsp3) is 0.0500. The summed E-state index contributed by atoms with van der Waals surface area (Å²) in [7, 11) is 0. The maximum absolute atomic E-state index is 6.03. The molecule has 8 nitrogen and oxygen atoms in total. The third kappa shape index (κ3) is 3.81. The van der Waals surface area contributed by atoms with Crippen LogP contribution in [-0.2, 0) is 5.75 Å². The standard InChI is InChI=1S/C20H15N7OS/c1-2-5-13(6-3-1)14-7-4-8-15(11-14)16-9-10-17(28-16)19-21-20(25-24-19)29-12-18-22-26-27-23-18/h1-11H,12H2,(H,21,24,25)(H,22,23,26,27). The second kappa shape index (κ2) is 7.72. The first-order valence-corrected chi connectivity index (χ1v) is 9.88. The van der Waals surface area contributed by atoms with Gasteiger partial charge in [-0.2, -0.15) is 0 Å². The van der Waals surface area contributed by atoms with Gasteiger partial charge in [-0.15, -0.1) is 15.3 Å². The summed E-state index contributed by atoms with van der Waals surface area (Å²) in [5.41, 5.74) is 3.31. The molecule has 2 N–H and O–H groups in total. The van der Waals surface area contributed by atoms with Gasteiger partial charge in [0.25, 0.3) is 0 Å². The Labute approximate surface area is 169 Å². The number of hydrogen-bond donors (Lipinski definition) is 2. The van der Waals surface area contributed by atoms with Crippen LogP contribution in [0.25, 0.3) is 34.0 Å². The molecule has 9 heteroatoms. The normalized spacial score (nSPS) is 11.0. The Morgan fingerprint density at radius 3 is 2.48 bits per heavy atom. The maximum Gasteiger partial charge on any atom is 0.197 e. The molecular formula is C20H15N7OS. The molecule has 0 saturated carbocycles. The van der Waals surface area contributed by atoms with Gasteiger partial charge in [-0.1, -0.05) is 60.3 Å². The van der Waals surface area contributed by atoms with Crippen molar-refractivity contribution in [1.29, 1.82) is 0 Å². The largest absolute Gasteiger partial charge is 0.453 e. The van der Waals surface area contributed by atoms with E-state index >= 15 is 0 Å². The van der Waals surface area contributed by atoms with Crippen molar-refractivity contribution in [3.05, 3.63) is 72.6 Å². The van der Waals surface area contributed by atoms with Gasteiger partial charge in [0.15, 0.2) is 22.6 Å². The number of nitrogens with zero attached hydrogens (tertiary/aromatic N) is 5. The molecule has 3 aromatic heterocycles. The lowest BCUT2D eigenvalue weighted by Crippen LogP contribution is -1.85. The van der Waals surface area contributed by atoms with Gasteiger partial charge >= 0.3 is 0 Å². The molecule has 5 rings (SSSR count). The zero-order valence-corrected chi connectivity index (χ0v) is 15.9. The second-order valence-electron chi connectivity index (χ2n) is 6.23. The smallest absolute Gasteiger partial charge is 0.197 e. The van der Waals surface area contributed by atoms with Crippen LogP contribution in [0.15, 0.2) is 76.3 Å². The highest BCUT2D eigenvalue weighted by Gasteiger charge is 2.12. The molecule has 142 valence electrons. The summed E-state index contributed by atoms with van der Waals surface area (Å²) in [6.45, 7) is 0. The lowest BCUT2D eigenvalue weighted by atomic mass is 10.0. The molecule has 0 radical (unpaired) electrons. The monoisotopic (exact) mass is 401 g/mol. The third-order valence-corrected chi connectivity index (χ3v) is 5.17. The van der Waals surface area contributed by atoms with Crippen LogP contribution in [0.5, 0.6) is 0 Å². The van der Waals surface area contributed by atoms with Crippen LogP contribution < -0.4 is 0 Å². The van der Waals surface area contributed by atoms with Gasteiger partial charge in [0.2, 0.25) is 0 Å². The molecule has 0 saturated heterocycles. The average Bonchev–Trinajstić information content (AvgIpc) is 3.54. The topological polar surface area (TPSA) is 109 Å². The number of tetrazole rings is 1. The van der Waals surface area contributed by atoms with Gasteiger partial charge in [0.05, 0.1) is 5.75 Å². The van der Waals surface area contributed by atoms with E-state index in [9.17, 15) is 0 Å². The summed E-state index contributed by atoms with van der Waals surface area (Å²) >= 11 is 1.45. The van der Waals surface area contributed by atoms with Crippen molar-refractivity contribution in [2.75, 3.05) is 0 Å². The highest BCUT2D eigenvalue weighted by atomic mass is 32.2. The minimum atomic E-state index is 0.567. The Balaban J connectivity index is 1.35. The highest BCUT2D eigenvalue weighted by molar-refractivity contribution is 7.98. The molecular weight excluding hydrogens is 386 g/mol. The molecule has 0 aliphatic heterocycles. The first kappa shape index (κ1) is 17.4. The molecule has 0 fully saturated rings. The van der Waals surface area contributed by atoms with Gasteiger partial charge in [-0.3, -0.25) is 0 Å². The van der Waals surface area contributed by atoms with Gasteiger partial charge < -0.3 is 9.40 Å². The molecule has 0 amide bonds. The summed E-state index contributed by atoms with van der Waals surface area (Å²) in [4.78, 5) is 3.16. The molecule has 2 aromatic carbocycles. The van der Waals surface area contributed by atoms with Gasteiger partial charge in [0, 0.05) is 5.56 Å². The Morgan fingerprint density at radius 2 is 1.62 bits per heavy atom. The molecule has 0 atom stereocenters. The molecule has 0 spiro atoms. The molecule has 29 heavy (non-hydrogen) atoms. The van der Waals surface area contributed by atoms with Crippen LogP contribution in [0.1, 0.15) is 5.82 Å². The Kier molecular flexibility index (Phi) is 4.63. The van der Waals surface area contributed by atoms with E-state index in [1.807, 2.05) is 42.5 Å². The van der Waals surface area contributed by atoms with Crippen LogP contribution >= 0.6 is 11.8 Å². The summed E-state index contributed by atoms with van der Waals surface area (Å²) in [6, 6.07) is 22.4. The fourth-order valence-electron chi connectivity index (χ4n) is 2.90. The van der Waals surface area contributed by atoms with Crippen molar-refractivity contribution in [1.82, 2.24) is 35.8 Å². The Bertz CT molecular complexity index is 1210. The molecule has 0 bridgehead atoms. The van der Waals surface area contributed by atoms with Crippen LogP contribution in [0.3, 0.4) is 0 Å². The Morgan fingerprint density at radius 1 is 0.793 bits per heavy atom. The summed E-state index contributed by atoms with van der Waals surface area (Å²) < 4.78 is 6.03. The lowest BCUT2D eigenvalue weighted by molar-refractivity contribution is 0.592. The van der Waals surface area contributed by atoms with Crippen LogP contribution in [0, 0.1) is 0 Å². The number of H-pyrrole nitrogens is 2. The predicted molar refractivity (Wildman–Crippen MR) is 109 cm³/mol. The van der Waals surface area contributed by atoms with E-state index in [0.29, 0.717) is 28.3 Å². The van der Waals surface area contributed by atoms with Crippen LogP contribution in [0.4, 0.5) is 0 Å². The minimum Gasteiger partial charge on any atom is -0.453 e. The van der Waals surface area contributed by atoms with Crippen LogP contribution in [0.2, 0.25) is 0 Å². The van der Waals surface area contributed by atoms with Gasteiger partial charge in [0.1, 0.15) is 5.76 Å². The molecule has 0 aliphatic rings. The molecule has 0 aliphatic carbocycles. The number of aromatic amines is 2. The first-order chi connectivity index (χ1) is 14.3. The molecule has 3 heterocycles. The Hall–Kier alpha value is -3.72. The van der Waals surface area contributed by atoms with Crippen molar-refractivity contribution < 1.29 is 4.42 Å². The average molecular weight is 401 g/mol. The van der Waals surface area contributed by atoms with E-state index < -0.39 is 0 Å². The fourth-order valence-corrected chi connectivity index (χ4v) is 3.57. The highest BCUT2D eigenvalue weighted by Crippen LogP contribution is 2.30. The SMILES string of the molecule is c1ccc(-c2cccc(-c3ccc(-c4nnc(SCc5nnn[nH]5)[nH]4)o3)c2)cc1.